The lowest BCUT2D eigenvalue weighted by atomic mass is 9.83. The van der Waals surface area contributed by atoms with E-state index in [2.05, 4.69) is 6.08 Å². The molecule has 1 aliphatic carbocycles. The van der Waals surface area contributed by atoms with Crippen LogP contribution in [0.5, 0.6) is 0 Å². The number of allylic oxidation sites excluding steroid dienone is 1. The molecule has 0 aromatic heterocycles. The van der Waals surface area contributed by atoms with Gasteiger partial charge in [-0.05, 0) is 12.0 Å². The van der Waals surface area contributed by atoms with Gasteiger partial charge in [-0.15, -0.1) is 0 Å². The van der Waals surface area contributed by atoms with E-state index < -0.39 is 0 Å². The Labute approximate surface area is 106 Å². The Hall–Kier alpha value is -1.33. The third-order valence-corrected chi connectivity index (χ3v) is 3.48. The van der Waals surface area contributed by atoms with Gasteiger partial charge >= 0.3 is 5.97 Å². The summed E-state index contributed by atoms with van der Waals surface area (Å²) < 4.78 is 20.8. The normalized spacial score (nSPS) is 30.1. The fourth-order valence-electron chi connectivity index (χ4n) is 2.66. The van der Waals surface area contributed by atoms with Crippen LogP contribution in [-0.2, 0) is 23.7 Å². The van der Waals surface area contributed by atoms with Gasteiger partial charge in [0, 0.05) is 20.1 Å². The summed E-state index contributed by atoms with van der Waals surface area (Å²) in [5, 5.41) is 0. The lowest BCUT2D eigenvalue weighted by Crippen LogP contribution is -2.37. The van der Waals surface area contributed by atoms with Crippen molar-refractivity contribution in [1.82, 2.24) is 0 Å². The molecule has 3 atom stereocenters. The first kappa shape index (κ1) is 13.1. The summed E-state index contributed by atoms with van der Waals surface area (Å²) in [7, 11) is 4.62. The van der Waals surface area contributed by atoms with Crippen molar-refractivity contribution in [2.75, 3.05) is 27.9 Å². The Morgan fingerprint density at radius 1 is 1.44 bits per heavy atom. The smallest absolute Gasteiger partial charge is 0.337 e. The summed E-state index contributed by atoms with van der Waals surface area (Å²) in [4.78, 5) is 11.7. The zero-order valence-corrected chi connectivity index (χ0v) is 10.8. The van der Waals surface area contributed by atoms with E-state index in [-0.39, 0.29) is 24.1 Å². The van der Waals surface area contributed by atoms with Crippen molar-refractivity contribution < 1.29 is 23.7 Å². The number of fused-ring (bicyclic) bond motifs is 1. The van der Waals surface area contributed by atoms with E-state index in [0.29, 0.717) is 12.2 Å². The molecule has 100 valence electrons. The molecule has 2 aliphatic rings. The van der Waals surface area contributed by atoms with Crippen LogP contribution in [0.25, 0.3) is 0 Å². The Kier molecular flexibility index (Phi) is 4.04. The summed E-state index contributed by atoms with van der Waals surface area (Å²) in [5.74, 6) is -0.262. The van der Waals surface area contributed by atoms with Crippen molar-refractivity contribution in [2.24, 2.45) is 11.8 Å². The molecule has 0 radical (unpaired) electrons. The second-order valence-corrected chi connectivity index (χ2v) is 4.38. The summed E-state index contributed by atoms with van der Waals surface area (Å²) in [6.07, 6.45) is 3.97. The van der Waals surface area contributed by atoms with Gasteiger partial charge in [0.05, 0.1) is 31.5 Å². The number of methoxy groups -OCH3 is 3. The number of esters is 1. The molecule has 2 rings (SSSR count). The molecule has 5 nitrogen and oxygen atoms in total. The van der Waals surface area contributed by atoms with Gasteiger partial charge in [-0.1, -0.05) is 6.08 Å². The molecule has 0 saturated carbocycles. The minimum Gasteiger partial charge on any atom is -0.471 e. The molecule has 0 fully saturated rings. The highest BCUT2D eigenvalue weighted by atomic mass is 16.7. The highest BCUT2D eigenvalue weighted by Crippen LogP contribution is 2.43. The van der Waals surface area contributed by atoms with E-state index >= 15 is 0 Å². The highest BCUT2D eigenvalue weighted by Gasteiger charge is 2.44. The average Bonchev–Trinajstić information content (AvgIpc) is 2.81. The molecule has 5 heteroatoms. The van der Waals surface area contributed by atoms with Crippen LogP contribution in [0.3, 0.4) is 0 Å². The van der Waals surface area contributed by atoms with Crippen molar-refractivity contribution in [3.05, 3.63) is 23.5 Å². The molecule has 0 amide bonds. The molecule has 0 aromatic rings. The maximum Gasteiger partial charge on any atom is 0.337 e. The van der Waals surface area contributed by atoms with Crippen LogP contribution in [0.4, 0.5) is 0 Å². The third-order valence-electron chi connectivity index (χ3n) is 3.48. The fraction of sp³-hybridized carbons (Fsp3) is 0.615. The minimum atomic E-state index is -0.368. The number of carbonyl (C=O) groups excluding carboxylic acids is 1. The van der Waals surface area contributed by atoms with Crippen LogP contribution >= 0.6 is 0 Å². The number of ether oxygens (including phenoxy) is 4. The van der Waals surface area contributed by atoms with Crippen LogP contribution in [0, 0.1) is 11.8 Å². The summed E-state index contributed by atoms with van der Waals surface area (Å²) in [5.41, 5.74) is 1.68. The van der Waals surface area contributed by atoms with Crippen LogP contribution in [0.1, 0.15) is 6.42 Å². The molecular weight excluding hydrogens is 236 g/mol. The van der Waals surface area contributed by atoms with Gasteiger partial charge in [-0.25, -0.2) is 4.79 Å². The van der Waals surface area contributed by atoms with E-state index in [4.69, 9.17) is 18.9 Å². The van der Waals surface area contributed by atoms with Crippen molar-refractivity contribution in [3.8, 4) is 0 Å². The monoisotopic (exact) mass is 254 g/mol. The molecule has 0 spiro atoms. The molecule has 3 unspecified atom stereocenters. The van der Waals surface area contributed by atoms with Gasteiger partial charge in [0.1, 0.15) is 0 Å². The van der Waals surface area contributed by atoms with Gasteiger partial charge in [-0.3, -0.25) is 0 Å². The summed E-state index contributed by atoms with van der Waals surface area (Å²) in [6.45, 7) is 0.527. The SMILES string of the molecule is COCC1=CCC2C(C(=O)OC)=COC(OC)C12. The lowest BCUT2D eigenvalue weighted by molar-refractivity contribution is -0.146. The molecule has 18 heavy (non-hydrogen) atoms. The number of hydrogen-bond acceptors (Lipinski definition) is 5. The average molecular weight is 254 g/mol. The van der Waals surface area contributed by atoms with Gasteiger partial charge in [0.2, 0.25) is 6.29 Å². The standard InChI is InChI=1S/C13H18O5/c1-15-6-8-4-5-9-10(12(14)16-2)7-18-13(17-3)11(8)9/h4,7,9,11,13H,5-6H2,1-3H3. The number of hydrogen-bond donors (Lipinski definition) is 0. The topological polar surface area (TPSA) is 54.0 Å². The van der Waals surface area contributed by atoms with Crippen molar-refractivity contribution in [1.29, 1.82) is 0 Å². The van der Waals surface area contributed by atoms with E-state index in [0.717, 1.165) is 12.0 Å². The molecule has 0 bridgehead atoms. The van der Waals surface area contributed by atoms with E-state index in [1.165, 1.54) is 13.4 Å². The predicted molar refractivity (Wildman–Crippen MR) is 63.5 cm³/mol. The number of rotatable bonds is 4. The fourth-order valence-corrected chi connectivity index (χ4v) is 2.66. The van der Waals surface area contributed by atoms with Gasteiger partial charge in [0.15, 0.2) is 0 Å². The Morgan fingerprint density at radius 2 is 2.22 bits per heavy atom. The molecule has 1 heterocycles. The molecule has 0 saturated heterocycles. The first-order valence-corrected chi connectivity index (χ1v) is 5.87. The molecule has 0 aromatic carbocycles. The van der Waals surface area contributed by atoms with E-state index in [9.17, 15) is 4.79 Å². The van der Waals surface area contributed by atoms with Crippen LogP contribution < -0.4 is 0 Å². The predicted octanol–water partition coefficient (Wildman–Crippen LogP) is 1.25. The minimum absolute atomic E-state index is 0.0223. The van der Waals surface area contributed by atoms with E-state index in [1.807, 2.05) is 0 Å². The lowest BCUT2D eigenvalue weighted by Gasteiger charge is -2.33. The maximum absolute atomic E-state index is 11.7. The maximum atomic E-state index is 11.7. The van der Waals surface area contributed by atoms with Gasteiger partial charge < -0.3 is 18.9 Å². The Morgan fingerprint density at radius 3 is 2.83 bits per heavy atom. The van der Waals surface area contributed by atoms with Crippen molar-refractivity contribution in [2.45, 2.75) is 12.7 Å². The zero-order chi connectivity index (χ0) is 13.1. The first-order valence-electron chi connectivity index (χ1n) is 5.87. The van der Waals surface area contributed by atoms with Crippen LogP contribution in [0.2, 0.25) is 0 Å². The molecular formula is C13H18O5. The van der Waals surface area contributed by atoms with Gasteiger partial charge in [0.25, 0.3) is 0 Å². The largest absolute Gasteiger partial charge is 0.471 e. The zero-order valence-electron chi connectivity index (χ0n) is 10.8. The second kappa shape index (κ2) is 5.54. The molecule has 1 aliphatic heterocycles. The van der Waals surface area contributed by atoms with Crippen molar-refractivity contribution >= 4 is 5.97 Å². The summed E-state index contributed by atoms with van der Waals surface area (Å²) >= 11 is 0. The van der Waals surface area contributed by atoms with E-state index in [1.54, 1.807) is 14.2 Å². The highest BCUT2D eigenvalue weighted by molar-refractivity contribution is 5.89. The quantitative estimate of drug-likeness (QED) is 0.558. The Bertz CT molecular complexity index is 385. The molecule has 0 N–H and O–H groups in total. The third kappa shape index (κ3) is 2.15. The second-order valence-electron chi connectivity index (χ2n) is 4.38. The van der Waals surface area contributed by atoms with Crippen molar-refractivity contribution in [3.63, 3.8) is 0 Å². The van der Waals surface area contributed by atoms with Crippen LogP contribution in [-0.4, -0.2) is 40.2 Å². The van der Waals surface area contributed by atoms with Gasteiger partial charge in [-0.2, -0.15) is 0 Å². The summed E-state index contributed by atoms with van der Waals surface area (Å²) in [6, 6.07) is 0. The Balaban J connectivity index is 2.24. The van der Waals surface area contributed by atoms with Crippen LogP contribution in [0.15, 0.2) is 23.5 Å². The number of carbonyl (C=O) groups is 1. The first-order chi connectivity index (χ1) is 8.72.